The second-order valence-electron chi connectivity index (χ2n) is 21.9. The van der Waals surface area contributed by atoms with Gasteiger partial charge in [0.05, 0.1) is 43.2 Å². The number of carbonyl (C=O) groups is 7. The molecule has 0 aliphatic carbocycles. The largest absolute Gasteiger partial charge is 0.494 e. The zero-order chi connectivity index (χ0) is 61.2. The van der Waals surface area contributed by atoms with Crippen LogP contribution in [0.1, 0.15) is 75.7 Å². The lowest BCUT2D eigenvalue weighted by molar-refractivity contribution is -0.147. The first-order valence-electron chi connectivity index (χ1n) is 28.0. The summed E-state index contributed by atoms with van der Waals surface area (Å²) < 4.78 is 22.7. The van der Waals surface area contributed by atoms with Gasteiger partial charge in [-0.05, 0) is 84.5 Å². The SMILES string of the molecule is CCCCCOc1ccc(-c2ccc(-c3ccc(C(=O)N[C@H]4C[C@@H](O)CNC(=O)[C@@H]5[C@@H](O)[C@@H](C)CN5C(=O)[C@H]([C@@H](C)O)NC(=O)[C@H]([C@H](O)Cc5ccc(OP(C)(=O)O)cc5)NC(=O)[C@@H]5C[C@@H](O)CN5C(=O)[C@H]([C@@H](C)O)NC4=O)cc3)cc2)cc1. The van der Waals surface area contributed by atoms with Gasteiger partial charge in [-0.3, -0.25) is 33.6 Å². The van der Waals surface area contributed by atoms with Crippen molar-refractivity contribution < 1.29 is 82.9 Å². The van der Waals surface area contributed by atoms with Crippen LogP contribution in [0.2, 0.25) is 0 Å². The summed E-state index contributed by atoms with van der Waals surface area (Å²) in [6, 6.07) is 16.7. The smallest absolute Gasteiger partial charge is 0.373 e. The van der Waals surface area contributed by atoms with Crippen LogP contribution in [0.25, 0.3) is 22.3 Å². The van der Waals surface area contributed by atoms with Crippen LogP contribution in [0.4, 0.5) is 0 Å². The van der Waals surface area contributed by atoms with Gasteiger partial charge in [-0.15, -0.1) is 0 Å². The molecule has 7 rings (SSSR count). The highest BCUT2D eigenvalue weighted by Crippen LogP contribution is 2.38. The van der Waals surface area contributed by atoms with E-state index in [4.69, 9.17) is 9.26 Å². The fraction of sp³-hybridized carbons (Fsp3) is 0.475. The number of hydrogen-bond acceptors (Lipinski definition) is 16. The number of rotatable bonds is 16. The Morgan fingerprint density at radius 3 is 1.75 bits per heavy atom. The predicted molar refractivity (Wildman–Crippen MR) is 306 cm³/mol. The van der Waals surface area contributed by atoms with E-state index >= 15 is 0 Å². The summed E-state index contributed by atoms with van der Waals surface area (Å²) in [5.74, 6) is -7.39. The molecule has 3 aliphatic rings. The average Bonchev–Trinajstić information content (AvgIpc) is 4.21. The molecular formula is C59H76N7O17P. The molecule has 4 aromatic carbocycles. The van der Waals surface area contributed by atoms with Gasteiger partial charge >= 0.3 is 7.60 Å². The molecule has 3 saturated heterocycles. The highest BCUT2D eigenvalue weighted by molar-refractivity contribution is 7.52. The lowest BCUT2D eigenvalue weighted by atomic mass is 9.99. The normalized spacial score (nSPS) is 26.6. The first-order valence-corrected chi connectivity index (χ1v) is 30.1. The highest BCUT2D eigenvalue weighted by atomic mass is 31.2. The van der Waals surface area contributed by atoms with Crippen molar-refractivity contribution in [3.05, 3.63) is 108 Å². The molecule has 12 N–H and O–H groups in total. The number of unbranched alkanes of at least 4 members (excludes halogenated alkanes) is 2. The minimum atomic E-state index is -3.96. The molecule has 24 nitrogen and oxygen atoms in total. The molecular weight excluding hydrogens is 1110 g/mol. The van der Waals surface area contributed by atoms with E-state index in [9.17, 15) is 73.7 Å². The van der Waals surface area contributed by atoms with Gasteiger partial charge in [-0.1, -0.05) is 87.4 Å². The second-order valence-corrected chi connectivity index (χ2v) is 23.7. The number of benzene rings is 4. The van der Waals surface area contributed by atoms with Crippen molar-refractivity contribution in [1.29, 1.82) is 0 Å². The van der Waals surface area contributed by atoms with Crippen molar-refractivity contribution in [2.75, 3.05) is 32.9 Å². The lowest BCUT2D eigenvalue weighted by Gasteiger charge is -2.33. The predicted octanol–water partition coefficient (Wildman–Crippen LogP) is 0.752. The molecule has 454 valence electrons. The Morgan fingerprint density at radius 1 is 0.667 bits per heavy atom. The van der Waals surface area contributed by atoms with E-state index in [1.54, 1.807) is 12.1 Å². The monoisotopic (exact) mass is 1190 g/mol. The molecule has 1 unspecified atom stereocenters. The van der Waals surface area contributed by atoms with Crippen LogP contribution in [0.5, 0.6) is 11.5 Å². The first kappa shape index (κ1) is 64.3. The van der Waals surface area contributed by atoms with Gasteiger partial charge in [0.15, 0.2) is 0 Å². The summed E-state index contributed by atoms with van der Waals surface area (Å²) in [7, 11) is -3.96. The fourth-order valence-corrected chi connectivity index (χ4v) is 10.9. The molecule has 25 heteroatoms. The van der Waals surface area contributed by atoms with Gasteiger partial charge in [0.2, 0.25) is 35.4 Å². The number of nitrogens with zero attached hydrogens (tertiary/aromatic N) is 2. The topological polar surface area (TPSA) is 363 Å². The third-order valence-electron chi connectivity index (χ3n) is 15.1. The van der Waals surface area contributed by atoms with Crippen LogP contribution >= 0.6 is 7.60 Å². The van der Waals surface area contributed by atoms with Gasteiger partial charge in [0.25, 0.3) is 5.91 Å². The maximum atomic E-state index is 14.5. The molecule has 0 bridgehead atoms. The van der Waals surface area contributed by atoms with Gasteiger partial charge in [-0.25, -0.2) is 4.57 Å². The Balaban J connectivity index is 1.15. The molecule has 84 heavy (non-hydrogen) atoms. The Labute approximate surface area is 486 Å². The summed E-state index contributed by atoms with van der Waals surface area (Å²) in [6.07, 6.45) is -8.10. The maximum Gasteiger partial charge on any atom is 0.373 e. The third kappa shape index (κ3) is 16.5. The van der Waals surface area contributed by atoms with E-state index in [-0.39, 0.29) is 17.9 Å². The summed E-state index contributed by atoms with van der Waals surface area (Å²) in [4.78, 5) is 112. The van der Waals surface area contributed by atoms with Crippen LogP contribution < -0.4 is 35.8 Å². The van der Waals surface area contributed by atoms with Gasteiger partial charge in [0, 0.05) is 57.0 Å². The van der Waals surface area contributed by atoms with E-state index in [2.05, 4.69) is 33.5 Å². The maximum absolute atomic E-state index is 14.5. The van der Waals surface area contributed by atoms with Crippen molar-refractivity contribution in [1.82, 2.24) is 36.4 Å². The molecule has 14 atom stereocenters. The highest BCUT2D eigenvalue weighted by Gasteiger charge is 2.49. The minimum absolute atomic E-state index is 0.00727. The van der Waals surface area contributed by atoms with Crippen molar-refractivity contribution in [3.8, 4) is 33.8 Å². The number of amides is 7. The molecule has 0 spiro atoms. The Bertz CT molecular complexity index is 3000. The van der Waals surface area contributed by atoms with Crippen molar-refractivity contribution in [2.24, 2.45) is 5.92 Å². The van der Waals surface area contributed by atoms with Crippen LogP contribution in [0, 0.1) is 5.92 Å². The number of carbonyl (C=O) groups excluding carboxylic acids is 7. The molecule has 0 aromatic heterocycles. The molecule has 0 saturated carbocycles. The van der Waals surface area contributed by atoms with Crippen LogP contribution in [-0.4, -0.2) is 192 Å². The van der Waals surface area contributed by atoms with E-state index in [0.29, 0.717) is 12.2 Å². The van der Waals surface area contributed by atoms with Gasteiger partial charge in [-0.2, -0.15) is 0 Å². The van der Waals surface area contributed by atoms with Crippen molar-refractivity contribution in [2.45, 2.75) is 139 Å². The van der Waals surface area contributed by atoms with Crippen LogP contribution in [0.3, 0.4) is 0 Å². The van der Waals surface area contributed by atoms with Gasteiger partial charge in [0.1, 0.15) is 47.8 Å². The minimum Gasteiger partial charge on any atom is -0.494 e. The Kier molecular flexibility index (Phi) is 21.8. The summed E-state index contributed by atoms with van der Waals surface area (Å²) >= 11 is 0. The number of ether oxygens (including phenoxy) is 1. The zero-order valence-electron chi connectivity index (χ0n) is 47.4. The number of fused-ring (bicyclic) bond motifs is 2. The number of nitrogens with one attached hydrogen (secondary N) is 5. The quantitative estimate of drug-likeness (QED) is 0.0544. The zero-order valence-corrected chi connectivity index (χ0v) is 48.3. The summed E-state index contributed by atoms with van der Waals surface area (Å²) in [5.41, 5.74) is 3.92. The van der Waals surface area contributed by atoms with E-state index < -0.39 is 160 Å². The number of aliphatic hydroxyl groups excluding tert-OH is 6. The van der Waals surface area contributed by atoms with E-state index in [0.717, 1.165) is 77.6 Å². The molecule has 0 radical (unpaired) electrons. The van der Waals surface area contributed by atoms with Crippen molar-refractivity contribution in [3.63, 3.8) is 0 Å². The fourth-order valence-electron chi connectivity index (χ4n) is 10.4. The van der Waals surface area contributed by atoms with E-state index in [1.807, 2.05) is 48.5 Å². The van der Waals surface area contributed by atoms with E-state index in [1.165, 1.54) is 43.3 Å². The average molecular weight is 1190 g/mol. The lowest BCUT2D eigenvalue weighted by Crippen LogP contribution is -2.64. The second kappa shape index (κ2) is 28.5. The molecule has 4 aromatic rings. The standard InChI is InChI=1S/C59H76N7O17P/c1-6-7-8-25-82-43-23-19-39(20-24-43)37-13-11-36(12-14-37)38-15-17-40(18-16-38)53(73)61-45-27-41(69)29-60-57(77)51-52(72)32(2)30-66(51)59(79)49(34(4)68)63-56(76)50(47(71)26-35-9-21-44(22-10-35)83-84(5,80)81)64-55(75)46-28-42(70)31-65(46)58(78)48(33(3)67)62-54(45)74/h9-24,32-34,41-42,45-52,67-72H,6-8,25-31H2,1-5H3,(H,60,77)(H,61,73)(H,62,74)(H,63,76)(H,64,75)(H,80,81)/t32-,33+,34+,41+,42+,45-,46-,47+,48-,49-,50-,51-,52-/m0/s1. The van der Waals surface area contributed by atoms with Gasteiger partial charge < -0.3 is 81.2 Å². The number of hydrogen-bond donors (Lipinski definition) is 12. The molecule has 3 aliphatic heterocycles. The summed E-state index contributed by atoms with van der Waals surface area (Å²) in [6.45, 7) is 6.18. The molecule has 3 heterocycles. The summed E-state index contributed by atoms with van der Waals surface area (Å²) in [5, 5.41) is 79.8. The van der Waals surface area contributed by atoms with Crippen molar-refractivity contribution >= 4 is 48.9 Å². The molecule has 7 amide bonds. The first-order chi connectivity index (χ1) is 39.8. The molecule has 3 fully saturated rings. The van der Waals surface area contributed by atoms with Crippen LogP contribution in [-0.2, 0) is 39.8 Å². The van der Waals surface area contributed by atoms with Crippen LogP contribution in [0.15, 0.2) is 97.1 Å². The number of aliphatic hydroxyl groups is 6. The Morgan fingerprint density at radius 2 is 1.19 bits per heavy atom. The number of β-amino-alcohol motifs (C(OH)–C–C–N with tert-alkyl or cyclic N) is 1. The third-order valence-corrected chi connectivity index (χ3v) is 15.6. The Hall–Kier alpha value is -7.28.